The van der Waals surface area contributed by atoms with Crippen LogP contribution in [0.1, 0.15) is 22.9 Å². The summed E-state index contributed by atoms with van der Waals surface area (Å²) >= 11 is 11.7. The Hall–Kier alpha value is -1.30. The molecule has 0 saturated carbocycles. The molecule has 2 N–H and O–H groups in total. The molecule has 1 unspecified atom stereocenters. The molecule has 1 heterocycles. The second-order valence-electron chi connectivity index (χ2n) is 4.53. The Morgan fingerprint density at radius 1 is 1.14 bits per heavy atom. The molecular formula is C14H11Cl2F3N2. The summed E-state index contributed by atoms with van der Waals surface area (Å²) in [5.74, 6) is 0. The van der Waals surface area contributed by atoms with Gasteiger partial charge in [-0.15, -0.1) is 0 Å². The van der Waals surface area contributed by atoms with Crippen molar-refractivity contribution in [3.63, 3.8) is 0 Å². The maximum atomic E-state index is 12.5. The Morgan fingerprint density at radius 3 is 2.29 bits per heavy atom. The van der Waals surface area contributed by atoms with E-state index in [1.54, 1.807) is 0 Å². The summed E-state index contributed by atoms with van der Waals surface area (Å²) in [6, 6.07) is 5.85. The summed E-state index contributed by atoms with van der Waals surface area (Å²) in [4.78, 5) is 4.06. The molecule has 1 atom stereocenters. The highest BCUT2D eigenvalue weighted by Crippen LogP contribution is 2.30. The minimum absolute atomic E-state index is 0.326. The van der Waals surface area contributed by atoms with E-state index in [0.29, 0.717) is 27.7 Å². The highest BCUT2D eigenvalue weighted by atomic mass is 35.5. The van der Waals surface area contributed by atoms with Gasteiger partial charge in [-0.2, -0.15) is 13.2 Å². The summed E-state index contributed by atoms with van der Waals surface area (Å²) in [5.41, 5.74) is 6.43. The Labute approximate surface area is 129 Å². The maximum absolute atomic E-state index is 12.5. The second-order valence-corrected chi connectivity index (χ2v) is 5.37. The highest BCUT2D eigenvalue weighted by Gasteiger charge is 2.30. The molecule has 112 valence electrons. The summed E-state index contributed by atoms with van der Waals surface area (Å²) in [7, 11) is 0. The fourth-order valence-corrected chi connectivity index (χ4v) is 2.40. The van der Waals surface area contributed by atoms with Crippen molar-refractivity contribution >= 4 is 23.2 Å². The van der Waals surface area contributed by atoms with Crippen molar-refractivity contribution in [2.24, 2.45) is 5.73 Å². The molecule has 2 aromatic rings. The van der Waals surface area contributed by atoms with Gasteiger partial charge in [0.2, 0.25) is 0 Å². The van der Waals surface area contributed by atoms with Crippen LogP contribution in [-0.2, 0) is 12.6 Å². The fourth-order valence-electron chi connectivity index (χ4n) is 1.88. The van der Waals surface area contributed by atoms with E-state index in [1.165, 1.54) is 24.4 Å². The van der Waals surface area contributed by atoms with Crippen LogP contribution in [0.4, 0.5) is 13.2 Å². The zero-order chi connectivity index (χ0) is 15.6. The Kier molecular flexibility index (Phi) is 4.76. The van der Waals surface area contributed by atoms with Gasteiger partial charge in [-0.25, -0.2) is 0 Å². The number of hydrogen-bond acceptors (Lipinski definition) is 2. The number of halogens is 5. The third-order valence-corrected chi connectivity index (χ3v) is 3.43. The zero-order valence-corrected chi connectivity index (χ0v) is 12.2. The van der Waals surface area contributed by atoms with Gasteiger partial charge in [0.15, 0.2) is 0 Å². The Bertz CT molecular complexity index is 627. The third-order valence-electron chi connectivity index (χ3n) is 2.92. The first-order valence-electron chi connectivity index (χ1n) is 6.00. The van der Waals surface area contributed by atoms with E-state index in [9.17, 15) is 13.2 Å². The SMILES string of the molecule is NC(Cc1ccc(C(F)(F)F)cc1)c1ncc(Cl)cc1Cl. The lowest BCUT2D eigenvalue weighted by atomic mass is 10.0. The second kappa shape index (κ2) is 6.22. The molecule has 7 heteroatoms. The molecular weight excluding hydrogens is 324 g/mol. The van der Waals surface area contributed by atoms with Crippen LogP contribution in [-0.4, -0.2) is 4.98 Å². The van der Waals surface area contributed by atoms with Crippen molar-refractivity contribution in [3.8, 4) is 0 Å². The van der Waals surface area contributed by atoms with Crippen LogP contribution < -0.4 is 5.73 Å². The molecule has 2 rings (SSSR count). The van der Waals surface area contributed by atoms with E-state index < -0.39 is 17.8 Å². The van der Waals surface area contributed by atoms with Crippen molar-refractivity contribution in [1.29, 1.82) is 0 Å². The molecule has 21 heavy (non-hydrogen) atoms. The van der Waals surface area contributed by atoms with Gasteiger partial charge < -0.3 is 5.73 Å². The van der Waals surface area contributed by atoms with Crippen molar-refractivity contribution in [1.82, 2.24) is 4.98 Å². The topological polar surface area (TPSA) is 38.9 Å². The normalized spacial score (nSPS) is 13.2. The van der Waals surface area contributed by atoms with Crippen LogP contribution in [0.25, 0.3) is 0 Å². The third kappa shape index (κ3) is 4.09. The number of hydrogen-bond donors (Lipinski definition) is 1. The smallest absolute Gasteiger partial charge is 0.322 e. The zero-order valence-electron chi connectivity index (χ0n) is 10.7. The summed E-state index contributed by atoms with van der Waals surface area (Å²) < 4.78 is 37.4. The van der Waals surface area contributed by atoms with Gasteiger partial charge in [0.1, 0.15) is 0 Å². The van der Waals surface area contributed by atoms with Crippen LogP contribution in [0.5, 0.6) is 0 Å². The quantitative estimate of drug-likeness (QED) is 0.887. The first kappa shape index (κ1) is 16.1. The molecule has 0 aliphatic heterocycles. The lowest BCUT2D eigenvalue weighted by Gasteiger charge is -2.13. The molecule has 0 spiro atoms. The molecule has 0 radical (unpaired) electrons. The molecule has 1 aromatic carbocycles. The molecule has 0 fully saturated rings. The van der Waals surface area contributed by atoms with Gasteiger partial charge in [0.25, 0.3) is 0 Å². The van der Waals surface area contributed by atoms with E-state index >= 15 is 0 Å². The fraction of sp³-hybridized carbons (Fsp3) is 0.214. The lowest BCUT2D eigenvalue weighted by molar-refractivity contribution is -0.137. The first-order chi connectivity index (χ1) is 9.77. The Morgan fingerprint density at radius 2 is 1.76 bits per heavy atom. The van der Waals surface area contributed by atoms with Crippen molar-refractivity contribution in [3.05, 3.63) is 63.4 Å². The van der Waals surface area contributed by atoms with Crippen LogP contribution in [0.2, 0.25) is 10.0 Å². The number of benzene rings is 1. The maximum Gasteiger partial charge on any atom is 0.416 e. The number of nitrogens with zero attached hydrogens (tertiary/aromatic N) is 1. The van der Waals surface area contributed by atoms with Crippen molar-refractivity contribution in [2.75, 3.05) is 0 Å². The number of nitrogens with two attached hydrogens (primary N) is 1. The van der Waals surface area contributed by atoms with Gasteiger partial charge in [0.05, 0.1) is 27.3 Å². The molecule has 0 aliphatic rings. The van der Waals surface area contributed by atoms with E-state index in [2.05, 4.69) is 4.98 Å². The molecule has 2 nitrogen and oxygen atoms in total. The van der Waals surface area contributed by atoms with Crippen LogP contribution in [0.15, 0.2) is 36.5 Å². The highest BCUT2D eigenvalue weighted by molar-refractivity contribution is 6.34. The predicted molar refractivity (Wildman–Crippen MR) is 76.3 cm³/mol. The number of rotatable bonds is 3. The minimum atomic E-state index is -4.35. The van der Waals surface area contributed by atoms with E-state index in [-0.39, 0.29) is 0 Å². The largest absolute Gasteiger partial charge is 0.416 e. The summed E-state index contributed by atoms with van der Waals surface area (Å²) in [6.45, 7) is 0. The summed E-state index contributed by atoms with van der Waals surface area (Å²) in [5, 5.41) is 0.729. The van der Waals surface area contributed by atoms with Crippen LogP contribution >= 0.6 is 23.2 Å². The molecule has 1 aromatic heterocycles. The standard InChI is InChI=1S/C14H11Cl2F3N2/c15-10-6-11(16)13(21-7-10)12(20)5-8-1-3-9(4-2-8)14(17,18)19/h1-4,6-7,12H,5,20H2. The van der Waals surface area contributed by atoms with Crippen LogP contribution in [0, 0.1) is 0 Å². The minimum Gasteiger partial charge on any atom is -0.322 e. The molecule has 0 amide bonds. The average Bonchev–Trinajstić information content (AvgIpc) is 2.38. The number of alkyl halides is 3. The van der Waals surface area contributed by atoms with Gasteiger partial charge >= 0.3 is 6.18 Å². The molecule has 0 saturated heterocycles. The van der Waals surface area contributed by atoms with Crippen molar-refractivity contribution in [2.45, 2.75) is 18.6 Å². The van der Waals surface area contributed by atoms with E-state index in [1.807, 2.05) is 0 Å². The van der Waals surface area contributed by atoms with Crippen LogP contribution in [0.3, 0.4) is 0 Å². The van der Waals surface area contributed by atoms with Gasteiger partial charge in [-0.1, -0.05) is 35.3 Å². The number of aromatic nitrogens is 1. The first-order valence-corrected chi connectivity index (χ1v) is 6.75. The van der Waals surface area contributed by atoms with E-state index in [4.69, 9.17) is 28.9 Å². The average molecular weight is 335 g/mol. The molecule has 0 bridgehead atoms. The lowest BCUT2D eigenvalue weighted by Crippen LogP contribution is -2.15. The predicted octanol–water partition coefficient (Wildman–Crippen LogP) is 4.65. The molecule has 0 aliphatic carbocycles. The monoisotopic (exact) mass is 334 g/mol. The number of pyridine rings is 1. The van der Waals surface area contributed by atoms with Crippen molar-refractivity contribution < 1.29 is 13.2 Å². The van der Waals surface area contributed by atoms with Gasteiger partial charge in [0, 0.05) is 6.20 Å². The van der Waals surface area contributed by atoms with E-state index in [0.717, 1.165) is 12.1 Å². The summed E-state index contributed by atoms with van der Waals surface area (Å²) in [6.07, 6.45) is -2.59. The Balaban J connectivity index is 2.14. The van der Waals surface area contributed by atoms with Gasteiger partial charge in [-0.05, 0) is 30.2 Å². The van der Waals surface area contributed by atoms with Gasteiger partial charge in [-0.3, -0.25) is 4.98 Å².